The van der Waals surface area contributed by atoms with Gasteiger partial charge in [-0.25, -0.2) is 0 Å². The monoisotopic (exact) mass is 443 g/mol. The van der Waals surface area contributed by atoms with E-state index in [1.807, 2.05) is 19.9 Å². The third-order valence-electron chi connectivity index (χ3n) is 6.16. The van der Waals surface area contributed by atoms with Gasteiger partial charge in [0.2, 0.25) is 11.8 Å². The molecule has 1 aliphatic heterocycles. The van der Waals surface area contributed by atoms with Crippen molar-refractivity contribution in [3.8, 4) is 5.69 Å². The molecule has 0 bridgehead atoms. The second-order valence-corrected chi connectivity index (χ2v) is 8.84. The largest absolute Gasteiger partial charge is 0.322 e. The molecule has 4 rings (SSSR count). The van der Waals surface area contributed by atoms with Crippen molar-refractivity contribution < 1.29 is 14.4 Å². The minimum absolute atomic E-state index is 0.183. The maximum absolute atomic E-state index is 13.0. The Morgan fingerprint density at radius 2 is 1.45 bits per heavy atom. The first-order valence-corrected chi connectivity index (χ1v) is 11.3. The highest BCUT2D eigenvalue weighted by Gasteiger charge is 2.27. The van der Waals surface area contributed by atoms with Gasteiger partial charge in [-0.1, -0.05) is 26.0 Å². The molecule has 1 N–H and O–H groups in total. The molecular weight excluding hydrogens is 414 g/mol. The summed E-state index contributed by atoms with van der Waals surface area (Å²) >= 11 is 0. The Balaban J connectivity index is 1.53. The summed E-state index contributed by atoms with van der Waals surface area (Å²) in [6.07, 6.45) is 1.35. The van der Waals surface area contributed by atoms with Crippen LogP contribution in [0.3, 0.4) is 0 Å². The van der Waals surface area contributed by atoms with E-state index in [4.69, 9.17) is 0 Å². The summed E-state index contributed by atoms with van der Waals surface area (Å²) in [7, 11) is 0. The second kappa shape index (κ2) is 9.06. The molecule has 3 amide bonds. The molecule has 1 fully saturated rings. The summed E-state index contributed by atoms with van der Waals surface area (Å²) in [4.78, 5) is 38.5. The Morgan fingerprint density at radius 1 is 0.879 bits per heavy atom. The van der Waals surface area contributed by atoms with Gasteiger partial charge in [0.1, 0.15) is 0 Å². The maximum Gasteiger partial charge on any atom is 0.257 e. The zero-order chi connectivity index (χ0) is 23.7. The molecule has 3 aromatic rings. The predicted octanol–water partition coefficient (Wildman–Crippen LogP) is 5.51. The van der Waals surface area contributed by atoms with Crippen LogP contribution < -0.4 is 10.2 Å². The lowest BCUT2D eigenvalue weighted by Crippen LogP contribution is -2.40. The number of benzene rings is 2. The molecular formula is C27H29N3O3. The summed E-state index contributed by atoms with van der Waals surface area (Å²) in [5.41, 5.74) is 5.88. The zero-order valence-electron chi connectivity index (χ0n) is 19.5. The van der Waals surface area contributed by atoms with Crippen LogP contribution in [0, 0.1) is 13.8 Å². The lowest BCUT2D eigenvalue weighted by Gasteiger charge is -2.24. The fourth-order valence-corrected chi connectivity index (χ4v) is 4.33. The molecule has 0 radical (unpaired) electrons. The molecule has 6 heteroatoms. The van der Waals surface area contributed by atoms with E-state index in [1.54, 1.807) is 24.3 Å². The first kappa shape index (κ1) is 22.5. The Bertz CT molecular complexity index is 1190. The standard InChI is InChI=1S/C27H29N3O3/c1-17(2)20-8-12-22(13-9-20)29-18(3)16-24(19(29)4)27(33)28-21-10-14-23(15-11-21)30-25(31)6-5-7-26(30)32/h8-17H,5-7H2,1-4H3,(H,28,33). The van der Waals surface area contributed by atoms with Crippen LogP contribution in [0.2, 0.25) is 0 Å². The van der Waals surface area contributed by atoms with Gasteiger partial charge in [-0.15, -0.1) is 0 Å². The van der Waals surface area contributed by atoms with Crippen molar-refractivity contribution in [2.45, 2.75) is 52.9 Å². The normalized spacial score (nSPS) is 14.2. The summed E-state index contributed by atoms with van der Waals surface area (Å²) in [5.74, 6) is -0.107. The highest BCUT2D eigenvalue weighted by molar-refractivity contribution is 6.16. The van der Waals surface area contributed by atoms with Gasteiger partial charge in [0.15, 0.2) is 0 Å². The molecule has 33 heavy (non-hydrogen) atoms. The number of imide groups is 1. The highest BCUT2D eigenvalue weighted by atomic mass is 16.2. The van der Waals surface area contributed by atoms with Crippen LogP contribution in [0.25, 0.3) is 5.69 Å². The maximum atomic E-state index is 13.0. The number of carbonyl (C=O) groups excluding carboxylic acids is 3. The SMILES string of the molecule is Cc1cc(C(=O)Nc2ccc(N3C(=O)CCCC3=O)cc2)c(C)n1-c1ccc(C(C)C)cc1. The number of amides is 3. The Morgan fingerprint density at radius 3 is 2.03 bits per heavy atom. The topological polar surface area (TPSA) is 71.4 Å². The molecule has 1 aliphatic rings. The van der Waals surface area contributed by atoms with Gasteiger partial charge in [0.25, 0.3) is 5.91 Å². The second-order valence-electron chi connectivity index (χ2n) is 8.84. The van der Waals surface area contributed by atoms with E-state index in [2.05, 4.69) is 48.0 Å². The Hall–Kier alpha value is -3.67. The van der Waals surface area contributed by atoms with Crippen LogP contribution in [0.15, 0.2) is 54.6 Å². The van der Waals surface area contributed by atoms with Crippen molar-refractivity contribution in [1.82, 2.24) is 4.57 Å². The minimum atomic E-state index is -0.203. The molecule has 0 saturated carbocycles. The molecule has 0 aliphatic carbocycles. The quantitative estimate of drug-likeness (QED) is 0.528. The van der Waals surface area contributed by atoms with Gasteiger partial charge in [-0.3, -0.25) is 19.3 Å². The fourth-order valence-electron chi connectivity index (χ4n) is 4.33. The van der Waals surface area contributed by atoms with Crippen molar-refractivity contribution in [2.24, 2.45) is 0 Å². The van der Waals surface area contributed by atoms with Gasteiger partial charge in [-0.05, 0) is 74.2 Å². The van der Waals surface area contributed by atoms with Gasteiger partial charge in [-0.2, -0.15) is 0 Å². The highest BCUT2D eigenvalue weighted by Crippen LogP contribution is 2.26. The number of hydrogen-bond donors (Lipinski definition) is 1. The van der Waals surface area contributed by atoms with E-state index in [9.17, 15) is 14.4 Å². The van der Waals surface area contributed by atoms with Crippen molar-refractivity contribution in [3.05, 3.63) is 77.1 Å². The number of anilines is 2. The number of nitrogens with zero attached hydrogens (tertiary/aromatic N) is 2. The van der Waals surface area contributed by atoms with Gasteiger partial charge in [0, 0.05) is 35.6 Å². The molecule has 0 spiro atoms. The summed E-state index contributed by atoms with van der Waals surface area (Å²) in [6, 6.07) is 17.1. The number of nitrogens with one attached hydrogen (secondary N) is 1. The number of rotatable bonds is 5. The summed E-state index contributed by atoms with van der Waals surface area (Å²) in [5, 5.41) is 2.93. The summed E-state index contributed by atoms with van der Waals surface area (Å²) in [6.45, 7) is 8.26. The van der Waals surface area contributed by atoms with Crippen LogP contribution in [-0.2, 0) is 9.59 Å². The van der Waals surface area contributed by atoms with Crippen molar-refractivity contribution in [3.63, 3.8) is 0 Å². The van der Waals surface area contributed by atoms with Gasteiger partial charge >= 0.3 is 0 Å². The van der Waals surface area contributed by atoms with Crippen LogP contribution in [0.4, 0.5) is 11.4 Å². The van der Waals surface area contributed by atoms with E-state index in [1.165, 1.54) is 10.5 Å². The smallest absolute Gasteiger partial charge is 0.257 e. The van der Waals surface area contributed by atoms with Crippen LogP contribution in [0.1, 0.15) is 66.3 Å². The van der Waals surface area contributed by atoms with Gasteiger partial charge < -0.3 is 9.88 Å². The molecule has 1 saturated heterocycles. The van der Waals surface area contributed by atoms with Crippen LogP contribution in [0.5, 0.6) is 0 Å². The van der Waals surface area contributed by atoms with Crippen LogP contribution in [-0.4, -0.2) is 22.3 Å². The lowest BCUT2D eigenvalue weighted by molar-refractivity contribution is -0.129. The number of hydrogen-bond acceptors (Lipinski definition) is 3. The number of piperidine rings is 1. The average molecular weight is 444 g/mol. The van der Waals surface area contributed by atoms with E-state index in [-0.39, 0.29) is 17.7 Å². The Kier molecular flexibility index (Phi) is 6.18. The van der Waals surface area contributed by atoms with E-state index in [0.29, 0.717) is 42.1 Å². The number of carbonyl (C=O) groups is 3. The van der Waals surface area contributed by atoms with Crippen LogP contribution >= 0.6 is 0 Å². The third kappa shape index (κ3) is 4.46. The summed E-state index contributed by atoms with van der Waals surface area (Å²) < 4.78 is 2.08. The molecule has 2 heterocycles. The molecule has 0 atom stereocenters. The molecule has 1 aromatic heterocycles. The van der Waals surface area contributed by atoms with E-state index in [0.717, 1.165) is 17.1 Å². The first-order valence-electron chi connectivity index (χ1n) is 11.3. The third-order valence-corrected chi connectivity index (χ3v) is 6.16. The number of aromatic nitrogens is 1. The van der Waals surface area contributed by atoms with E-state index >= 15 is 0 Å². The Labute approximate surface area is 194 Å². The van der Waals surface area contributed by atoms with Gasteiger partial charge in [0.05, 0.1) is 11.3 Å². The minimum Gasteiger partial charge on any atom is -0.322 e. The molecule has 6 nitrogen and oxygen atoms in total. The first-order chi connectivity index (χ1) is 15.8. The fraction of sp³-hybridized carbons (Fsp3) is 0.296. The predicted molar refractivity (Wildman–Crippen MR) is 130 cm³/mol. The van der Waals surface area contributed by atoms with Crippen molar-refractivity contribution in [1.29, 1.82) is 0 Å². The number of aryl methyl sites for hydroxylation is 1. The lowest BCUT2D eigenvalue weighted by atomic mass is 10.0. The van der Waals surface area contributed by atoms with Crippen molar-refractivity contribution in [2.75, 3.05) is 10.2 Å². The molecule has 2 aromatic carbocycles. The average Bonchev–Trinajstić information content (AvgIpc) is 3.09. The van der Waals surface area contributed by atoms with Crippen molar-refractivity contribution >= 4 is 29.1 Å². The zero-order valence-corrected chi connectivity index (χ0v) is 19.5. The molecule has 170 valence electrons. The molecule has 0 unspecified atom stereocenters. The van der Waals surface area contributed by atoms with E-state index < -0.39 is 0 Å².